The van der Waals surface area contributed by atoms with E-state index in [0.717, 1.165) is 43.7 Å². The van der Waals surface area contributed by atoms with E-state index in [1.807, 2.05) is 0 Å². The predicted molar refractivity (Wildman–Crippen MR) is 110 cm³/mol. The number of imidazole rings is 1. The Morgan fingerprint density at radius 2 is 2.00 bits per heavy atom. The number of aromatic nitrogens is 4. The number of nitrogens with one attached hydrogen (secondary N) is 2. The third-order valence-corrected chi connectivity index (χ3v) is 4.59. The van der Waals surface area contributed by atoms with Gasteiger partial charge in [-0.1, -0.05) is 37.6 Å². The van der Waals surface area contributed by atoms with Crippen molar-refractivity contribution in [1.82, 2.24) is 19.9 Å². The van der Waals surface area contributed by atoms with Crippen LogP contribution in [0.5, 0.6) is 0 Å². The minimum absolute atomic E-state index is 0.0283. The molecule has 1 atom stereocenters. The van der Waals surface area contributed by atoms with Crippen LogP contribution in [0.4, 0.5) is 11.8 Å². The third-order valence-electron chi connectivity index (χ3n) is 4.59. The van der Waals surface area contributed by atoms with E-state index in [4.69, 9.17) is 4.98 Å². The molecule has 1 aliphatic rings. The fourth-order valence-corrected chi connectivity index (χ4v) is 3.41. The predicted octanol–water partition coefficient (Wildman–Crippen LogP) is 3.20. The van der Waals surface area contributed by atoms with Crippen LogP contribution in [0.25, 0.3) is 11.2 Å². The topological polar surface area (TPSA) is 90.0 Å². The molecule has 0 radical (unpaired) electrons. The van der Waals surface area contributed by atoms with E-state index < -0.39 is 0 Å². The Balaban J connectivity index is 1.95. The normalized spacial score (nSPS) is 16.6. The van der Waals surface area contributed by atoms with Gasteiger partial charge in [0.2, 0.25) is 5.95 Å². The van der Waals surface area contributed by atoms with Crippen molar-refractivity contribution in [2.24, 2.45) is 0 Å². The molecule has 7 nitrogen and oxygen atoms in total. The molecule has 3 N–H and O–H groups in total. The molecule has 2 heterocycles. The van der Waals surface area contributed by atoms with Gasteiger partial charge in [0.25, 0.3) is 0 Å². The van der Waals surface area contributed by atoms with E-state index >= 15 is 0 Å². The Labute approximate surface area is 160 Å². The van der Waals surface area contributed by atoms with Crippen LogP contribution in [-0.4, -0.2) is 50.8 Å². The van der Waals surface area contributed by atoms with Gasteiger partial charge < -0.3 is 20.3 Å². The summed E-state index contributed by atoms with van der Waals surface area (Å²) in [6, 6.07) is 0.214. The molecular formula is C20H30N6O. The zero-order valence-electron chi connectivity index (χ0n) is 16.5. The number of rotatable bonds is 9. The first kappa shape index (κ1) is 19.4. The monoisotopic (exact) mass is 370 g/mol. The number of aliphatic hydroxyl groups excluding tert-OH is 1. The molecule has 146 valence electrons. The van der Waals surface area contributed by atoms with Crippen LogP contribution in [0.3, 0.4) is 0 Å². The van der Waals surface area contributed by atoms with Crippen molar-refractivity contribution in [3.63, 3.8) is 0 Å². The molecule has 0 aliphatic heterocycles. The molecule has 0 bridgehead atoms. The average molecular weight is 371 g/mol. The molecule has 7 heteroatoms. The second kappa shape index (κ2) is 8.99. The Bertz CT molecular complexity index is 819. The first-order valence-corrected chi connectivity index (χ1v) is 9.87. The highest BCUT2D eigenvalue weighted by Gasteiger charge is 2.18. The van der Waals surface area contributed by atoms with Crippen LogP contribution < -0.4 is 10.2 Å². The summed E-state index contributed by atoms with van der Waals surface area (Å²) in [5, 5.41) is 12.8. The lowest BCUT2D eigenvalue weighted by Gasteiger charge is -2.23. The van der Waals surface area contributed by atoms with Gasteiger partial charge in [0.1, 0.15) is 11.3 Å². The van der Waals surface area contributed by atoms with E-state index in [1.165, 1.54) is 5.57 Å². The van der Waals surface area contributed by atoms with Gasteiger partial charge in [-0.15, -0.1) is 0 Å². The maximum absolute atomic E-state index is 9.33. The van der Waals surface area contributed by atoms with Crippen molar-refractivity contribution in [3.05, 3.63) is 29.6 Å². The minimum atomic E-state index is 0.0283. The number of allylic oxidation sites excluding steroid dienone is 2. The molecule has 3 rings (SSSR count). The minimum Gasteiger partial charge on any atom is -0.396 e. The van der Waals surface area contributed by atoms with Crippen molar-refractivity contribution in [2.45, 2.75) is 52.5 Å². The molecular weight excluding hydrogens is 340 g/mol. The van der Waals surface area contributed by atoms with Crippen LogP contribution in [0.15, 0.2) is 23.8 Å². The van der Waals surface area contributed by atoms with Gasteiger partial charge in [-0.25, -0.2) is 9.97 Å². The van der Waals surface area contributed by atoms with Crippen molar-refractivity contribution in [3.8, 4) is 0 Å². The van der Waals surface area contributed by atoms with Crippen molar-refractivity contribution in [1.29, 1.82) is 0 Å². The van der Waals surface area contributed by atoms with Gasteiger partial charge in [0.15, 0.2) is 11.5 Å². The van der Waals surface area contributed by atoms with E-state index in [9.17, 15) is 5.11 Å². The fraction of sp³-hybridized carbons (Fsp3) is 0.550. The number of H-pyrrole nitrogens is 1. The quantitative estimate of drug-likeness (QED) is 0.628. The van der Waals surface area contributed by atoms with Crippen molar-refractivity contribution < 1.29 is 5.11 Å². The van der Waals surface area contributed by atoms with Crippen molar-refractivity contribution >= 4 is 22.9 Å². The Morgan fingerprint density at radius 3 is 2.67 bits per heavy atom. The largest absolute Gasteiger partial charge is 0.396 e. The summed E-state index contributed by atoms with van der Waals surface area (Å²) in [6.45, 7) is 8.35. The van der Waals surface area contributed by atoms with Gasteiger partial charge in [0, 0.05) is 19.5 Å². The Hall–Kier alpha value is -2.41. The summed E-state index contributed by atoms with van der Waals surface area (Å²) < 4.78 is 0. The SMILES string of the molecule is CCCN(CCC)c1nc(CCO)nc2nc(NC3C=CC=C(C)C3)[nH]c12. The summed E-state index contributed by atoms with van der Waals surface area (Å²) in [5.41, 5.74) is 2.84. The second-order valence-electron chi connectivity index (χ2n) is 7.06. The Morgan fingerprint density at radius 1 is 1.22 bits per heavy atom. The number of aromatic amines is 1. The highest BCUT2D eigenvalue weighted by Crippen LogP contribution is 2.25. The zero-order valence-corrected chi connectivity index (χ0v) is 16.5. The number of hydrogen-bond donors (Lipinski definition) is 3. The molecule has 1 unspecified atom stereocenters. The first-order chi connectivity index (χ1) is 13.1. The Kier molecular flexibility index (Phi) is 6.45. The summed E-state index contributed by atoms with van der Waals surface area (Å²) >= 11 is 0. The van der Waals surface area contributed by atoms with E-state index in [1.54, 1.807) is 0 Å². The number of fused-ring (bicyclic) bond motifs is 1. The lowest BCUT2D eigenvalue weighted by atomic mass is 10.0. The first-order valence-electron chi connectivity index (χ1n) is 9.87. The zero-order chi connectivity index (χ0) is 19.2. The van der Waals surface area contributed by atoms with Gasteiger partial charge >= 0.3 is 0 Å². The maximum atomic E-state index is 9.33. The molecule has 0 amide bonds. The van der Waals surface area contributed by atoms with Gasteiger partial charge in [-0.05, 0) is 26.2 Å². The van der Waals surface area contributed by atoms with Crippen LogP contribution in [0.2, 0.25) is 0 Å². The standard InChI is InChI=1S/C20H30N6O/c1-4-10-26(11-5-2)19-17-18(22-16(23-19)9-12-27)25-20(24-17)21-15-8-6-7-14(3)13-15/h6-8,15,27H,4-5,9-13H2,1-3H3,(H2,21,22,23,24,25). The number of nitrogens with zero attached hydrogens (tertiary/aromatic N) is 4. The molecule has 0 saturated heterocycles. The number of aliphatic hydroxyl groups is 1. The molecule has 2 aromatic heterocycles. The molecule has 1 aliphatic carbocycles. The summed E-state index contributed by atoms with van der Waals surface area (Å²) in [7, 11) is 0. The van der Waals surface area contributed by atoms with Crippen LogP contribution in [0, 0.1) is 0 Å². The molecule has 27 heavy (non-hydrogen) atoms. The van der Waals surface area contributed by atoms with E-state index in [-0.39, 0.29) is 12.6 Å². The summed E-state index contributed by atoms with van der Waals surface area (Å²) in [5.74, 6) is 2.22. The molecule has 0 fully saturated rings. The second-order valence-corrected chi connectivity index (χ2v) is 7.06. The van der Waals surface area contributed by atoms with Gasteiger partial charge in [-0.3, -0.25) is 0 Å². The van der Waals surface area contributed by atoms with E-state index in [2.05, 4.69) is 64.2 Å². The summed E-state index contributed by atoms with van der Waals surface area (Å²) in [6.07, 6.45) is 9.82. The summed E-state index contributed by atoms with van der Waals surface area (Å²) in [4.78, 5) is 19.6. The van der Waals surface area contributed by atoms with E-state index in [0.29, 0.717) is 23.8 Å². The number of anilines is 2. The van der Waals surface area contributed by atoms with Crippen LogP contribution in [0.1, 0.15) is 45.9 Å². The average Bonchev–Trinajstić information content (AvgIpc) is 3.03. The third kappa shape index (κ3) is 4.66. The fourth-order valence-electron chi connectivity index (χ4n) is 3.41. The van der Waals surface area contributed by atoms with Crippen molar-refractivity contribution in [2.75, 3.05) is 29.9 Å². The van der Waals surface area contributed by atoms with Crippen LogP contribution >= 0.6 is 0 Å². The highest BCUT2D eigenvalue weighted by atomic mass is 16.3. The number of hydrogen-bond acceptors (Lipinski definition) is 6. The highest BCUT2D eigenvalue weighted by molar-refractivity contribution is 5.85. The smallest absolute Gasteiger partial charge is 0.203 e. The molecule has 0 spiro atoms. The lowest BCUT2D eigenvalue weighted by molar-refractivity contribution is 0.297. The lowest BCUT2D eigenvalue weighted by Crippen LogP contribution is -2.26. The van der Waals surface area contributed by atoms with Gasteiger partial charge in [0.05, 0.1) is 12.6 Å². The van der Waals surface area contributed by atoms with Gasteiger partial charge in [-0.2, -0.15) is 4.98 Å². The van der Waals surface area contributed by atoms with Crippen LogP contribution in [-0.2, 0) is 6.42 Å². The maximum Gasteiger partial charge on any atom is 0.203 e. The molecule has 0 aromatic carbocycles. The molecule has 2 aromatic rings. The molecule has 0 saturated carbocycles.